The number of rotatable bonds is 1. The Hall–Kier alpha value is -12.7. The summed E-state index contributed by atoms with van der Waals surface area (Å²) in [6.07, 6.45) is 0. The summed E-state index contributed by atoms with van der Waals surface area (Å²) in [7, 11) is 0. The molecule has 0 saturated heterocycles. The van der Waals surface area contributed by atoms with Crippen LogP contribution in [0.1, 0.15) is 0 Å². The van der Waals surface area contributed by atoms with E-state index in [4.69, 9.17) is 0 Å². The van der Waals surface area contributed by atoms with E-state index in [9.17, 15) is 0 Å². The molecule has 440 valence electrons. The number of benzene rings is 21. The molecule has 0 bridgehead atoms. The van der Waals surface area contributed by atoms with Gasteiger partial charge in [0.25, 0.3) is 0 Å². The summed E-state index contributed by atoms with van der Waals surface area (Å²) in [4.78, 5) is 0. The van der Waals surface area contributed by atoms with Crippen LogP contribution in [0.4, 0.5) is 0 Å². The third kappa shape index (κ3) is 5.60. The lowest BCUT2D eigenvalue weighted by Gasteiger charge is -2.16. The van der Waals surface area contributed by atoms with Crippen LogP contribution in [0.25, 0.3) is 271 Å². The monoisotopic (exact) mass is 1220 g/mol. The first-order valence-electron chi connectivity index (χ1n) is 34.6. The quantitative estimate of drug-likeness (QED) is 0.114. The topological polar surface area (TPSA) is 0 Å². The normalized spacial score (nSPS) is 13.1. The Morgan fingerprint density at radius 1 is 0.112 bits per heavy atom. The molecular formula is C98H48. The SMILES string of the molecule is c1ccc(-c2c3cc4ccccc4c4c5ccccc5c(c5c6ccc7c8ccc9c%10c(ccc(c%11ccc(c25)c6c%117)c%108)-c2ccccc2-9)c34)cc1.c1ccc2c(c1)-c1ccc3c4ccc5c6cc7cc8ccccc8c8c9ccccc9c(c6c6ccc(c9ccc-2c1c39)c4c56)c78. The van der Waals surface area contributed by atoms with Gasteiger partial charge in [-0.2, -0.15) is 0 Å². The summed E-state index contributed by atoms with van der Waals surface area (Å²) in [5, 5.41) is 54.9. The lowest BCUT2D eigenvalue weighted by atomic mass is 9.87. The van der Waals surface area contributed by atoms with Crippen molar-refractivity contribution in [2.45, 2.75) is 0 Å². The van der Waals surface area contributed by atoms with E-state index in [1.807, 2.05) is 0 Å². The Morgan fingerprint density at radius 3 is 0.867 bits per heavy atom. The van der Waals surface area contributed by atoms with Gasteiger partial charge < -0.3 is 0 Å². The highest BCUT2D eigenvalue weighted by molar-refractivity contribution is 6.54. The zero-order chi connectivity index (χ0) is 62.8. The Labute approximate surface area is 558 Å². The fraction of sp³-hybridized carbons (Fsp3) is 0. The highest BCUT2D eigenvalue weighted by Crippen LogP contribution is 2.60. The smallest absolute Gasteiger partial charge is 0.000696 e. The summed E-state index contributed by atoms with van der Waals surface area (Å²) in [6, 6.07) is 111. The van der Waals surface area contributed by atoms with Gasteiger partial charge in [0.1, 0.15) is 0 Å². The lowest BCUT2D eigenvalue weighted by molar-refractivity contribution is 1.70. The van der Waals surface area contributed by atoms with E-state index in [0.717, 1.165) is 0 Å². The summed E-state index contributed by atoms with van der Waals surface area (Å²) in [5.74, 6) is 0. The number of hydrogen-bond donors (Lipinski definition) is 0. The molecule has 0 nitrogen and oxygen atoms in total. The zero-order valence-corrected chi connectivity index (χ0v) is 52.7. The third-order valence-corrected chi connectivity index (χ3v) is 24.4. The van der Waals surface area contributed by atoms with E-state index in [-0.39, 0.29) is 0 Å². The van der Waals surface area contributed by atoms with Crippen molar-refractivity contribution >= 4 is 215 Å². The van der Waals surface area contributed by atoms with Gasteiger partial charge in [-0.25, -0.2) is 0 Å². The molecule has 0 fully saturated rings. The summed E-state index contributed by atoms with van der Waals surface area (Å²) < 4.78 is 0. The standard InChI is InChI=1S/C52H26.C46H22/c1-2-10-27(11-3-1)43-42-26-28-12-4-5-13-29(28)44-32-16-8-9-17-33(32)49(52(42)44)51-41-25-23-39-37-21-19-35-31-15-7-6-14-30(31)34-18-20-36(46(37)45(34)35)38-22-24-40(50(43)51)48(41)47(38)39;1-2-8-25-23(7-1)21-24-22-38-36-18-17-34-32-15-13-30-26-9-3-4-10-27(26)31-14-16-33(42(32)41(30)31)35-19-20-37(44(36)43(34)35)45(38)46-29-12-6-5-11-28(29)40(25)39(24)46/h1-26H;1-22H. The van der Waals surface area contributed by atoms with Crippen LogP contribution in [0.3, 0.4) is 0 Å². The Morgan fingerprint density at radius 2 is 0.378 bits per heavy atom. The van der Waals surface area contributed by atoms with Crippen LogP contribution in [0.5, 0.6) is 0 Å². The van der Waals surface area contributed by atoms with Gasteiger partial charge in [0.2, 0.25) is 0 Å². The fourth-order valence-electron chi connectivity index (χ4n) is 20.9. The molecule has 0 heteroatoms. The van der Waals surface area contributed by atoms with E-state index in [1.54, 1.807) is 0 Å². The Bertz CT molecular complexity index is 7850. The molecule has 0 spiro atoms. The second-order valence-corrected chi connectivity index (χ2v) is 28.5. The molecule has 27 rings (SSSR count). The van der Waals surface area contributed by atoms with Crippen LogP contribution in [0, 0.1) is 0 Å². The number of hydrogen-bond acceptors (Lipinski definition) is 0. The second-order valence-electron chi connectivity index (χ2n) is 28.5. The van der Waals surface area contributed by atoms with E-state index in [0.29, 0.717) is 0 Å². The van der Waals surface area contributed by atoms with Crippen LogP contribution in [-0.4, -0.2) is 0 Å². The molecular weight excluding hydrogens is 1180 g/mol. The maximum absolute atomic E-state index is 2.49. The molecule has 0 radical (unpaired) electrons. The van der Waals surface area contributed by atoms with Crippen LogP contribution in [0.15, 0.2) is 291 Å². The summed E-state index contributed by atoms with van der Waals surface area (Å²) >= 11 is 0. The first kappa shape index (κ1) is 49.8. The van der Waals surface area contributed by atoms with Gasteiger partial charge in [0.15, 0.2) is 0 Å². The van der Waals surface area contributed by atoms with Gasteiger partial charge in [0.05, 0.1) is 0 Å². The van der Waals surface area contributed by atoms with Crippen molar-refractivity contribution in [2.24, 2.45) is 0 Å². The maximum atomic E-state index is 2.49. The lowest BCUT2D eigenvalue weighted by Crippen LogP contribution is -1.88. The Kier molecular flexibility index (Phi) is 8.65. The largest absolute Gasteiger partial charge is 0.0622 e. The average Bonchev–Trinajstić information content (AvgIpc) is 1.49. The van der Waals surface area contributed by atoms with Gasteiger partial charge in [-0.05, 0) is 289 Å². The van der Waals surface area contributed by atoms with Crippen molar-refractivity contribution in [2.75, 3.05) is 0 Å². The molecule has 0 unspecified atom stereocenters. The summed E-state index contributed by atoms with van der Waals surface area (Å²) in [5.41, 5.74) is 13.5. The molecule has 0 saturated carbocycles. The highest BCUT2D eigenvalue weighted by atomic mass is 14.3. The number of fused-ring (bicyclic) bond motifs is 28. The average molecular weight is 1230 g/mol. The van der Waals surface area contributed by atoms with Crippen molar-refractivity contribution in [3.63, 3.8) is 0 Å². The van der Waals surface area contributed by atoms with Crippen molar-refractivity contribution in [3.05, 3.63) is 291 Å². The molecule has 25 aromatic carbocycles. The van der Waals surface area contributed by atoms with Gasteiger partial charge in [-0.3, -0.25) is 0 Å². The van der Waals surface area contributed by atoms with Crippen LogP contribution >= 0.6 is 0 Å². The molecule has 0 N–H and O–H groups in total. The molecule has 98 heavy (non-hydrogen) atoms. The zero-order valence-electron chi connectivity index (χ0n) is 52.7. The molecule has 0 atom stereocenters. The first-order chi connectivity index (χ1) is 48.7. The van der Waals surface area contributed by atoms with Crippen LogP contribution in [0.2, 0.25) is 0 Å². The minimum absolute atomic E-state index is 1.27. The van der Waals surface area contributed by atoms with Crippen LogP contribution < -0.4 is 0 Å². The van der Waals surface area contributed by atoms with Gasteiger partial charge in [-0.1, -0.05) is 273 Å². The summed E-state index contributed by atoms with van der Waals surface area (Å²) in [6.45, 7) is 0. The van der Waals surface area contributed by atoms with Gasteiger partial charge in [0, 0.05) is 0 Å². The molecule has 0 aliphatic heterocycles. The molecule has 0 amide bonds. The van der Waals surface area contributed by atoms with E-state index in [1.165, 1.54) is 271 Å². The van der Waals surface area contributed by atoms with E-state index >= 15 is 0 Å². The predicted molar refractivity (Wildman–Crippen MR) is 424 cm³/mol. The molecule has 2 aliphatic carbocycles. The maximum Gasteiger partial charge on any atom is -0.000696 e. The van der Waals surface area contributed by atoms with Crippen molar-refractivity contribution in [3.8, 4) is 55.6 Å². The molecule has 25 aromatic rings. The van der Waals surface area contributed by atoms with Crippen molar-refractivity contribution < 1.29 is 0 Å². The second kappa shape index (κ2) is 17.0. The predicted octanol–water partition coefficient (Wildman–Crippen LogP) is 28.0. The van der Waals surface area contributed by atoms with Gasteiger partial charge in [-0.15, -0.1) is 0 Å². The fourth-order valence-corrected chi connectivity index (χ4v) is 20.9. The van der Waals surface area contributed by atoms with Crippen molar-refractivity contribution in [1.82, 2.24) is 0 Å². The molecule has 2 aliphatic rings. The Balaban J connectivity index is 0.000000115. The molecule has 0 aromatic heterocycles. The minimum atomic E-state index is 1.27. The first-order valence-corrected chi connectivity index (χ1v) is 34.6. The van der Waals surface area contributed by atoms with Crippen molar-refractivity contribution in [1.29, 1.82) is 0 Å². The minimum Gasteiger partial charge on any atom is -0.0622 e. The van der Waals surface area contributed by atoms with E-state index < -0.39 is 0 Å². The van der Waals surface area contributed by atoms with E-state index in [2.05, 4.69) is 291 Å². The van der Waals surface area contributed by atoms with Gasteiger partial charge >= 0.3 is 0 Å². The van der Waals surface area contributed by atoms with Crippen LogP contribution in [-0.2, 0) is 0 Å². The third-order valence-electron chi connectivity index (χ3n) is 24.4. The highest BCUT2D eigenvalue weighted by Gasteiger charge is 2.32. The molecule has 0 heterocycles.